The first kappa shape index (κ1) is 18.5. The second-order valence-corrected chi connectivity index (χ2v) is 5.48. The molecule has 0 unspecified atom stereocenters. The van der Waals surface area contributed by atoms with Gasteiger partial charge in [0.25, 0.3) is 5.79 Å². The van der Waals surface area contributed by atoms with E-state index < -0.39 is 23.7 Å². The summed E-state index contributed by atoms with van der Waals surface area (Å²) in [7, 11) is 0. The maximum absolute atomic E-state index is 12.3. The Morgan fingerprint density at radius 2 is 1.48 bits per heavy atom. The highest BCUT2D eigenvalue weighted by atomic mass is 16.7. The average Bonchev–Trinajstić information content (AvgIpc) is 2.61. The molecule has 1 heterocycles. The molecular formula is C18H21NO6. The summed E-state index contributed by atoms with van der Waals surface area (Å²) in [5.74, 6) is -3.34. The van der Waals surface area contributed by atoms with Gasteiger partial charge in [-0.25, -0.2) is 14.4 Å². The highest BCUT2D eigenvalue weighted by molar-refractivity contribution is 6.20. The molecule has 0 radical (unpaired) electrons. The average molecular weight is 347 g/mol. The Morgan fingerprint density at radius 1 is 1.00 bits per heavy atom. The summed E-state index contributed by atoms with van der Waals surface area (Å²) in [4.78, 5) is 36.2. The quantitative estimate of drug-likeness (QED) is 0.494. The third-order valence-electron chi connectivity index (χ3n) is 4.02. The van der Waals surface area contributed by atoms with E-state index in [0.29, 0.717) is 24.0 Å². The van der Waals surface area contributed by atoms with Gasteiger partial charge in [0.05, 0.1) is 17.9 Å². The molecule has 0 saturated carbocycles. The van der Waals surface area contributed by atoms with Gasteiger partial charge in [-0.05, 0) is 24.6 Å². The predicted octanol–water partition coefficient (Wildman–Crippen LogP) is 2.15. The van der Waals surface area contributed by atoms with Crippen molar-refractivity contribution in [3.63, 3.8) is 0 Å². The van der Waals surface area contributed by atoms with Crippen molar-refractivity contribution < 1.29 is 28.6 Å². The number of cyclic esters (lactones) is 2. The van der Waals surface area contributed by atoms with Gasteiger partial charge in [0, 0.05) is 12.8 Å². The molecule has 0 spiro atoms. The van der Waals surface area contributed by atoms with Crippen molar-refractivity contribution in [1.29, 1.82) is 0 Å². The Balaban J connectivity index is 2.32. The van der Waals surface area contributed by atoms with E-state index in [9.17, 15) is 14.4 Å². The predicted molar refractivity (Wildman–Crippen MR) is 89.0 cm³/mol. The molecular weight excluding hydrogens is 326 g/mol. The van der Waals surface area contributed by atoms with E-state index in [0.717, 1.165) is 0 Å². The van der Waals surface area contributed by atoms with Gasteiger partial charge in [-0.3, -0.25) is 0 Å². The van der Waals surface area contributed by atoms with Crippen LogP contribution < -0.4 is 5.73 Å². The monoisotopic (exact) mass is 347 g/mol. The van der Waals surface area contributed by atoms with Gasteiger partial charge in [0.2, 0.25) is 0 Å². The highest BCUT2D eigenvalue weighted by Crippen LogP contribution is 2.31. The maximum Gasteiger partial charge on any atom is 0.351 e. The van der Waals surface area contributed by atoms with Crippen molar-refractivity contribution in [2.24, 2.45) is 5.73 Å². The lowest BCUT2D eigenvalue weighted by atomic mass is 10.0. The number of hydrogen-bond acceptors (Lipinski definition) is 7. The van der Waals surface area contributed by atoms with Crippen LogP contribution in [-0.2, 0) is 23.8 Å². The van der Waals surface area contributed by atoms with E-state index in [-0.39, 0.29) is 17.9 Å². The molecule has 2 N–H and O–H groups in total. The maximum atomic E-state index is 12.3. The minimum atomic E-state index is -1.24. The van der Waals surface area contributed by atoms with Crippen LogP contribution in [0.1, 0.15) is 49.5 Å². The smallest absolute Gasteiger partial charge is 0.351 e. The summed E-state index contributed by atoms with van der Waals surface area (Å²) in [5.41, 5.74) is 6.30. The molecule has 1 aliphatic heterocycles. The molecule has 0 aliphatic carbocycles. The van der Waals surface area contributed by atoms with Crippen molar-refractivity contribution in [3.8, 4) is 0 Å². The highest BCUT2D eigenvalue weighted by Gasteiger charge is 2.44. The molecule has 25 heavy (non-hydrogen) atoms. The van der Waals surface area contributed by atoms with E-state index in [1.54, 1.807) is 20.8 Å². The first-order valence-corrected chi connectivity index (χ1v) is 8.11. The van der Waals surface area contributed by atoms with Crippen LogP contribution in [0.4, 0.5) is 0 Å². The molecule has 1 fully saturated rings. The summed E-state index contributed by atoms with van der Waals surface area (Å²) >= 11 is 0. The number of ether oxygens (including phenoxy) is 3. The van der Waals surface area contributed by atoms with E-state index >= 15 is 0 Å². The molecule has 0 bridgehead atoms. The number of rotatable bonds is 5. The minimum Gasteiger partial charge on any atom is -0.462 e. The summed E-state index contributed by atoms with van der Waals surface area (Å²) in [5, 5.41) is 0. The SMILES string of the molecule is CCOC(=O)c1ccc(C(N)=C2C(=O)OC(CC)(CC)OC2=O)cc1. The number of carbonyl (C=O) groups is 3. The van der Waals surface area contributed by atoms with Gasteiger partial charge < -0.3 is 19.9 Å². The largest absolute Gasteiger partial charge is 0.462 e. The normalized spacial score (nSPS) is 16.0. The van der Waals surface area contributed by atoms with Crippen LogP contribution in [0.2, 0.25) is 0 Å². The molecule has 1 saturated heterocycles. The molecule has 134 valence electrons. The summed E-state index contributed by atoms with van der Waals surface area (Å²) in [6.45, 7) is 5.50. The van der Waals surface area contributed by atoms with Crippen LogP contribution >= 0.6 is 0 Å². The molecule has 1 aliphatic rings. The van der Waals surface area contributed by atoms with Gasteiger partial charge in [-0.1, -0.05) is 26.0 Å². The van der Waals surface area contributed by atoms with E-state index in [2.05, 4.69) is 0 Å². The Bertz CT molecular complexity index is 694. The van der Waals surface area contributed by atoms with Gasteiger partial charge in [-0.2, -0.15) is 0 Å². The number of benzene rings is 1. The Labute approximate surface area is 145 Å². The lowest BCUT2D eigenvalue weighted by Gasteiger charge is -2.35. The Kier molecular flexibility index (Phi) is 5.46. The summed E-state index contributed by atoms with van der Waals surface area (Å²) in [6, 6.07) is 6.05. The standard InChI is InChI=1S/C18H21NO6/c1-4-18(5-2)24-16(21)13(17(22)25-18)14(19)11-7-9-12(10-8-11)15(20)23-6-3/h7-10H,4-6,19H2,1-3H3. The van der Waals surface area contributed by atoms with Crippen LogP contribution in [0, 0.1) is 0 Å². The molecule has 0 aromatic heterocycles. The zero-order chi connectivity index (χ0) is 18.6. The van der Waals surface area contributed by atoms with Crippen molar-refractivity contribution in [2.75, 3.05) is 6.61 Å². The van der Waals surface area contributed by atoms with Crippen LogP contribution in [0.25, 0.3) is 5.70 Å². The number of esters is 3. The Hall–Kier alpha value is -2.83. The van der Waals surface area contributed by atoms with Gasteiger partial charge in [0.15, 0.2) is 5.57 Å². The Morgan fingerprint density at radius 3 is 1.92 bits per heavy atom. The van der Waals surface area contributed by atoms with Crippen molar-refractivity contribution in [1.82, 2.24) is 0 Å². The topological polar surface area (TPSA) is 105 Å². The second kappa shape index (κ2) is 7.38. The molecule has 0 atom stereocenters. The molecule has 1 aromatic carbocycles. The van der Waals surface area contributed by atoms with Crippen molar-refractivity contribution >= 4 is 23.6 Å². The minimum absolute atomic E-state index is 0.0637. The van der Waals surface area contributed by atoms with Gasteiger partial charge in [0.1, 0.15) is 0 Å². The third-order valence-corrected chi connectivity index (χ3v) is 4.02. The molecule has 0 amide bonds. The fourth-order valence-corrected chi connectivity index (χ4v) is 2.45. The lowest BCUT2D eigenvalue weighted by Crippen LogP contribution is -2.46. The van der Waals surface area contributed by atoms with E-state index in [1.807, 2.05) is 0 Å². The molecule has 1 aromatic rings. The fourth-order valence-electron chi connectivity index (χ4n) is 2.45. The van der Waals surface area contributed by atoms with Crippen molar-refractivity contribution in [2.45, 2.75) is 39.4 Å². The number of carbonyl (C=O) groups excluding carboxylic acids is 3. The van der Waals surface area contributed by atoms with Crippen LogP contribution in [-0.4, -0.2) is 30.3 Å². The van der Waals surface area contributed by atoms with Gasteiger partial charge in [-0.15, -0.1) is 0 Å². The van der Waals surface area contributed by atoms with Crippen molar-refractivity contribution in [3.05, 3.63) is 41.0 Å². The van der Waals surface area contributed by atoms with E-state index in [4.69, 9.17) is 19.9 Å². The molecule has 7 nitrogen and oxygen atoms in total. The second-order valence-electron chi connectivity index (χ2n) is 5.48. The molecule has 7 heteroatoms. The van der Waals surface area contributed by atoms with Crippen LogP contribution in [0.3, 0.4) is 0 Å². The number of nitrogens with two attached hydrogens (primary N) is 1. The number of hydrogen-bond donors (Lipinski definition) is 1. The van der Waals surface area contributed by atoms with E-state index in [1.165, 1.54) is 24.3 Å². The first-order valence-electron chi connectivity index (χ1n) is 8.11. The van der Waals surface area contributed by atoms with Crippen LogP contribution in [0.5, 0.6) is 0 Å². The fraction of sp³-hybridized carbons (Fsp3) is 0.389. The summed E-state index contributed by atoms with van der Waals surface area (Å²) in [6.07, 6.45) is 0.699. The van der Waals surface area contributed by atoms with Crippen LogP contribution in [0.15, 0.2) is 29.8 Å². The third kappa shape index (κ3) is 3.65. The zero-order valence-electron chi connectivity index (χ0n) is 14.5. The summed E-state index contributed by atoms with van der Waals surface area (Å²) < 4.78 is 15.5. The lowest BCUT2D eigenvalue weighted by molar-refractivity contribution is -0.237. The first-order chi connectivity index (χ1) is 11.9. The zero-order valence-corrected chi connectivity index (χ0v) is 14.5. The molecule has 2 rings (SSSR count). The van der Waals surface area contributed by atoms with Gasteiger partial charge >= 0.3 is 17.9 Å².